The van der Waals surface area contributed by atoms with E-state index in [-0.39, 0.29) is 22.3 Å². The van der Waals surface area contributed by atoms with Crippen LogP contribution in [0, 0.1) is 11.6 Å². The molecule has 2 aromatic carbocycles. The number of nitrogens with one attached hydrogen (secondary N) is 2. The number of urea groups is 1. The molecule has 0 radical (unpaired) electrons. The molecule has 4 nitrogen and oxygen atoms in total. The lowest BCUT2D eigenvalue weighted by atomic mass is 10.2. The Hall–Kier alpha value is -1.97. The van der Waals surface area contributed by atoms with E-state index in [1.165, 1.54) is 24.3 Å². The number of rotatable bonds is 5. The van der Waals surface area contributed by atoms with Gasteiger partial charge in [0.05, 0.1) is 0 Å². The molecular weight excluding hydrogens is 431 g/mol. The molecule has 0 aliphatic heterocycles. The van der Waals surface area contributed by atoms with Crippen LogP contribution in [0.3, 0.4) is 0 Å². The zero-order chi connectivity index (χ0) is 20.2. The molecule has 0 saturated carbocycles. The van der Waals surface area contributed by atoms with Crippen molar-refractivity contribution in [3.05, 3.63) is 59.7 Å². The Labute approximate surface area is 165 Å². The Morgan fingerprint density at radius 3 is 2.07 bits per heavy atom. The molecule has 2 rings (SSSR count). The van der Waals surface area contributed by atoms with Gasteiger partial charge in [0, 0.05) is 10.6 Å². The topological polar surface area (TPSA) is 58.2 Å². The summed E-state index contributed by atoms with van der Waals surface area (Å²) in [6, 6.07) is 6.85. The number of imide groups is 1. The van der Waals surface area contributed by atoms with Crippen molar-refractivity contribution in [2.75, 3.05) is 5.32 Å². The van der Waals surface area contributed by atoms with E-state index in [0.29, 0.717) is 0 Å². The number of hydrogen-bond donors (Lipinski definition) is 2. The van der Waals surface area contributed by atoms with Gasteiger partial charge in [-0.3, -0.25) is 10.1 Å². The summed E-state index contributed by atoms with van der Waals surface area (Å²) in [6.45, 7) is 0. The predicted molar refractivity (Wildman–Crippen MR) is 95.6 cm³/mol. The first-order chi connectivity index (χ1) is 12.6. The molecule has 0 aliphatic carbocycles. The van der Waals surface area contributed by atoms with E-state index in [4.69, 9.17) is 23.2 Å². The van der Waals surface area contributed by atoms with Crippen LogP contribution in [0.4, 0.5) is 28.0 Å². The van der Waals surface area contributed by atoms with Crippen molar-refractivity contribution in [1.29, 1.82) is 0 Å². The third-order valence-electron chi connectivity index (χ3n) is 3.04. The van der Waals surface area contributed by atoms with Crippen molar-refractivity contribution >= 4 is 52.6 Å². The van der Waals surface area contributed by atoms with Gasteiger partial charge in [0.1, 0.15) is 17.2 Å². The van der Waals surface area contributed by atoms with Gasteiger partial charge >= 0.3 is 11.3 Å². The van der Waals surface area contributed by atoms with E-state index in [0.717, 1.165) is 18.2 Å². The van der Waals surface area contributed by atoms with Crippen molar-refractivity contribution in [3.63, 3.8) is 0 Å². The number of amides is 3. The highest BCUT2D eigenvalue weighted by molar-refractivity contribution is 8.00. The second-order valence-electron chi connectivity index (χ2n) is 4.99. The SMILES string of the molecule is O=C(NC(=O)c1c(F)cccc1F)Nc1ccc(SC(F)(F)C(Cl)Cl)cc1. The van der Waals surface area contributed by atoms with Gasteiger partial charge in [0.2, 0.25) is 0 Å². The average Bonchev–Trinajstić information content (AvgIpc) is 2.56. The number of carbonyl (C=O) groups is 2. The fourth-order valence-electron chi connectivity index (χ4n) is 1.85. The van der Waals surface area contributed by atoms with Crippen LogP contribution >= 0.6 is 35.0 Å². The fraction of sp³-hybridized carbons (Fsp3) is 0.125. The summed E-state index contributed by atoms with van der Waals surface area (Å²) >= 11 is 10.5. The monoisotopic (exact) mass is 440 g/mol. The van der Waals surface area contributed by atoms with Gasteiger partial charge in [0.25, 0.3) is 5.91 Å². The second kappa shape index (κ2) is 8.81. The summed E-state index contributed by atoms with van der Waals surface area (Å²) in [4.78, 5) is 21.8. The minimum absolute atomic E-state index is 0.127. The van der Waals surface area contributed by atoms with E-state index in [1.54, 1.807) is 5.32 Å². The Balaban J connectivity index is 1.99. The van der Waals surface area contributed by atoms with Crippen LogP contribution < -0.4 is 10.6 Å². The minimum atomic E-state index is -3.41. The number of benzene rings is 2. The Kier molecular flexibility index (Phi) is 6.96. The summed E-state index contributed by atoms with van der Waals surface area (Å²) in [6.07, 6.45) is 0. The van der Waals surface area contributed by atoms with E-state index < -0.39 is 39.2 Å². The average molecular weight is 441 g/mol. The molecule has 2 N–H and O–H groups in total. The summed E-state index contributed by atoms with van der Waals surface area (Å²) < 4.78 is 53.9. The summed E-state index contributed by atoms with van der Waals surface area (Å²) in [5.74, 6) is -3.52. The molecule has 0 atom stereocenters. The molecule has 0 spiro atoms. The Bertz CT molecular complexity index is 831. The third-order valence-corrected chi connectivity index (χ3v) is 4.86. The minimum Gasteiger partial charge on any atom is -0.308 e. The standard InChI is InChI=1S/C16H10Cl2F4N2O2S/c17-14(18)16(21,22)27-9-6-4-8(5-7-9)23-15(26)24-13(25)12-10(19)2-1-3-11(12)20/h1-7,14H,(H2,23,24,25,26). The second-order valence-corrected chi connectivity index (χ2v) is 7.31. The van der Waals surface area contributed by atoms with Crippen LogP contribution in [-0.2, 0) is 0 Å². The molecule has 2 aromatic rings. The van der Waals surface area contributed by atoms with E-state index in [9.17, 15) is 27.2 Å². The van der Waals surface area contributed by atoms with Crippen LogP contribution in [0.1, 0.15) is 10.4 Å². The molecule has 0 aliphatic rings. The maximum atomic E-state index is 13.5. The molecule has 144 valence electrons. The van der Waals surface area contributed by atoms with Crippen molar-refractivity contribution in [2.45, 2.75) is 15.0 Å². The highest BCUT2D eigenvalue weighted by atomic mass is 35.5. The quantitative estimate of drug-likeness (QED) is 0.371. The van der Waals surface area contributed by atoms with Crippen LogP contribution in [0.5, 0.6) is 0 Å². The van der Waals surface area contributed by atoms with Gasteiger partial charge in [-0.2, -0.15) is 8.78 Å². The van der Waals surface area contributed by atoms with Crippen LogP contribution in [0.25, 0.3) is 0 Å². The van der Waals surface area contributed by atoms with Gasteiger partial charge in [-0.15, -0.1) is 0 Å². The summed E-state index contributed by atoms with van der Waals surface area (Å²) in [7, 11) is 0. The molecular formula is C16H10Cl2F4N2O2S. The normalized spacial score (nSPS) is 11.4. The number of thioether (sulfide) groups is 1. The van der Waals surface area contributed by atoms with Crippen molar-refractivity contribution in [3.8, 4) is 0 Å². The number of halogens is 6. The highest BCUT2D eigenvalue weighted by Gasteiger charge is 2.38. The summed E-state index contributed by atoms with van der Waals surface area (Å²) in [5, 5.41) is 0.584. The molecule has 3 amide bonds. The third kappa shape index (κ3) is 5.75. The smallest absolute Gasteiger partial charge is 0.308 e. The molecule has 0 bridgehead atoms. The first-order valence-electron chi connectivity index (χ1n) is 7.11. The maximum absolute atomic E-state index is 13.5. The molecule has 0 heterocycles. The van der Waals surface area contributed by atoms with Crippen LogP contribution in [-0.4, -0.2) is 22.0 Å². The Morgan fingerprint density at radius 2 is 1.56 bits per heavy atom. The highest BCUT2D eigenvalue weighted by Crippen LogP contribution is 2.42. The van der Waals surface area contributed by atoms with Crippen LogP contribution in [0.15, 0.2) is 47.4 Å². The van der Waals surface area contributed by atoms with Gasteiger partial charge in [0.15, 0.2) is 4.84 Å². The lowest BCUT2D eigenvalue weighted by Crippen LogP contribution is -2.35. The van der Waals surface area contributed by atoms with E-state index in [1.807, 2.05) is 0 Å². The van der Waals surface area contributed by atoms with Gasteiger partial charge in [-0.05, 0) is 48.2 Å². The number of carbonyl (C=O) groups excluding carboxylic acids is 2. The zero-order valence-electron chi connectivity index (χ0n) is 13.1. The molecule has 11 heteroatoms. The van der Waals surface area contributed by atoms with E-state index in [2.05, 4.69) is 5.32 Å². The van der Waals surface area contributed by atoms with Crippen molar-refractivity contribution in [1.82, 2.24) is 5.32 Å². The first kappa shape index (κ1) is 21.3. The van der Waals surface area contributed by atoms with Gasteiger partial charge in [-0.25, -0.2) is 13.6 Å². The molecule has 0 saturated heterocycles. The van der Waals surface area contributed by atoms with Crippen molar-refractivity contribution in [2.24, 2.45) is 0 Å². The zero-order valence-corrected chi connectivity index (χ0v) is 15.4. The number of hydrogen-bond acceptors (Lipinski definition) is 3. The number of anilines is 1. The molecule has 0 unspecified atom stereocenters. The maximum Gasteiger partial charge on any atom is 0.327 e. The fourth-order valence-corrected chi connectivity index (χ4v) is 2.79. The van der Waals surface area contributed by atoms with E-state index >= 15 is 0 Å². The largest absolute Gasteiger partial charge is 0.327 e. The number of alkyl halides is 4. The lowest BCUT2D eigenvalue weighted by Gasteiger charge is -2.16. The first-order valence-corrected chi connectivity index (χ1v) is 8.80. The van der Waals surface area contributed by atoms with Crippen molar-refractivity contribution < 1.29 is 27.2 Å². The van der Waals surface area contributed by atoms with Crippen LogP contribution in [0.2, 0.25) is 0 Å². The Morgan fingerprint density at radius 1 is 1.00 bits per heavy atom. The molecule has 0 aromatic heterocycles. The predicted octanol–water partition coefficient (Wildman–Crippen LogP) is 5.42. The van der Waals surface area contributed by atoms with Gasteiger partial charge in [-0.1, -0.05) is 29.3 Å². The lowest BCUT2D eigenvalue weighted by molar-refractivity contribution is 0.0958. The molecule has 27 heavy (non-hydrogen) atoms. The molecule has 0 fully saturated rings. The summed E-state index contributed by atoms with van der Waals surface area (Å²) in [5.41, 5.74) is -0.756. The van der Waals surface area contributed by atoms with Gasteiger partial charge < -0.3 is 5.32 Å².